The zero-order valence-corrected chi connectivity index (χ0v) is 13.9. The topological polar surface area (TPSA) is 54.0 Å². The third-order valence-corrected chi connectivity index (χ3v) is 3.98. The maximum absolute atomic E-state index is 12.2. The van der Waals surface area contributed by atoms with E-state index in [9.17, 15) is 4.79 Å². The van der Waals surface area contributed by atoms with E-state index in [1.54, 1.807) is 19.3 Å². The first kappa shape index (κ1) is 16.3. The van der Waals surface area contributed by atoms with Crippen LogP contribution >= 0.6 is 27.7 Å². The van der Waals surface area contributed by atoms with Crippen molar-refractivity contribution in [3.63, 3.8) is 0 Å². The first-order chi connectivity index (χ1) is 9.08. The van der Waals surface area contributed by atoms with E-state index in [0.717, 1.165) is 22.4 Å². The molecule has 0 bridgehead atoms. The van der Waals surface area contributed by atoms with Crippen LogP contribution in [0.4, 0.5) is 5.82 Å². The highest BCUT2D eigenvalue weighted by Gasteiger charge is 2.14. The Bertz CT molecular complexity index is 428. The van der Waals surface area contributed by atoms with Gasteiger partial charge in [-0.15, -0.1) is 0 Å². The van der Waals surface area contributed by atoms with E-state index in [1.807, 2.05) is 18.7 Å². The molecule has 1 aromatic rings. The predicted octanol–water partition coefficient (Wildman–Crippen LogP) is 3.15. The van der Waals surface area contributed by atoms with Crippen LogP contribution in [0.5, 0.6) is 0 Å². The molecule has 0 aromatic carbocycles. The van der Waals surface area contributed by atoms with E-state index in [2.05, 4.69) is 38.5 Å². The zero-order valence-electron chi connectivity index (χ0n) is 11.5. The van der Waals surface area contributed by atoms with Crippen molar-refractivity contribution < 1.29 is 4.79 Å². The van der Waals surface area contributed by atoms with Gasteiger partial charge in [-0.05, 0) is 46.8 Å². The fourth-order valence-corrected chi connectivity index (χ4v) is 2.73. The molecule has 1 aromatic heterocycles. The second kappa shape index (κ2) is 8.43. The van der Waals surface area contributed by atoms with Crippen molar-refractivity contribution in [3.8, 4) is 0 Å². The number of amides is 1. The van der Waals surface area contributed by atoms with Crippen molar-refractivity contribution in [1.29, 1.82) is 0 Å². The summed E-state index contributed by atoms with van der Waals surface area (Å²) < 4.78 is 0.797. The Kier molecular flexibility index (Phi) is 7.23. The monoisotopic (exact) mass is 345 g/mol. The van der Waals surface area contributed by atoms with Crippen molar-refractivity contribution in [2.24, 2.45) is 0 Å². The molecular formula is C13H20BrN3OS. The molecule has 0 radical (unpaired) electrons. The molecule has 1 heterocycles. The van der Waals surface area contributed by atoms with Crippen molar-refractivity contribution in [2.45, 2.75) is 26.3 Å². The van der Waals surface area contributed by atoms with E-state index < -0.39 is 0 Å². The molecule has 1 rings (SSSR count). The minimum absolute atomic E-state index is 0.0906. The number of halogens is 1. The lowest BCUT2D eigenvalue weighted by atomic mass is 10.2. The van der Waals surface area contributed by atoms with E-state index in [1.165, 1.54) is 0 Å². The standard InChI is InChI=1S/C13H20BrN3OS/c1-4-19-6-5-9(2)17-13(18)11-7-10(14)8-16-12(11)15-3/h7-9H,4-6H2,1-3H3,(H,15,16)(H,17,18). The minimum atomic E-state index is -0.0906. The van der Waals surface area contributed by atoms with Gasteiger partial charge in [-0.3, -0.25) is 4.79 Å². The molecule has 1 unspecified atom stereocenters. The molecule has 0 spiro atoms. The lowest BCUT2D eigenvalue weighted by Gasteiger charge is -2.15. The Morgan fingerprint density at radius 1 is 1.58 bits per heavy atom. The normalized spacial score (nSPS) is 12.0. The number of carbonyl (C=O) groups is 1. The Balaban J connectivity index is 2.64. The molecule has 0 saturated heterocycles. The number of nitrogens with zero attached hydrogens (tertiary/aromatic N) is 1. The van der Waals surface area contributed by atoms with Crippen LogP contribution in [-0.2, 0) is 0 Å². The highest BCUT2D eigenvalue weighted by molar-refractivity contribution is 9.10. The summed E-state index contributed by atoms with van der Waals surface area (Å²) in [5.74, 6) is 2.68. The fraction of sp³-hybridized carbons (Fsp3) is 0.538. The van der Waals surface area contributed by atoms with Gasteiger partial charge in [0, 0.05) is 23.8 Å². The summed E-state index contributed by atoms with van der Waals surface area (Å²) in [7, 11) is 1.76. The van der Waals surface area contributed by atoms with Crippen molar-refractivity contribution in [2.75, 3.05) is 23.9 Å². The first-order valence-corrected chi connectivity index (χ1v) is 8.25. The van der Waals surface area contributed by atoms with Gasteiger partial charge in [0.1, 0.15) is 5.82 Å². The molecule has 0 aliphatic carbocycles. The van der Waals surface area contributed by atoms with Crippen LogP contribution in [0.1, 0.15) is 30.6 Å². The van der Waals surface area contributed by atoms with Gasteiger partial charge < -0.3 is 10.6 Å². The molecule has 0 aliphatic heterocycles. The summed E-state index contributed by atoms with van der Waals surface area (Å²) in [6.45, 7) is 4.17. The molecule has 0 saturated carbocycles. The molecule has 6 heteroatoms. The van der Waals surface area contributed by atoms with Gasteiger partial charge in [0.25, 0.3) is 5.91 Å². The quantitative estimate of drug-likeness (QED) is 0.745. The maximum Gasteiger partial charge on any atom is 0.255 e. The summed E-state index contributed by atoms with van der Waals surface area (Å²) in [5, 5.41) is 5.94. The van der Waals surface area contributed by atoms with Gasteiger partial charge in [-0.25, -0.2) is 4.98 Å². The average molecular weight is 346 g/mol. The number of nitrogens with one attached hydrogen (secondary N) is 2. The Hall–Kier alpha value is -0.750. The minimum Gasteiger partial charge on any atom is -0.372 e. The Morgan fingerprint density at radius 3 is 2.95 bits per heavy atom. The summed E-state index contributed by atoms with van der Waals surface area (Å²) >= 11 is 5.22. The van der Waals surface area contributed by atoms with Crippen LogP contribution in [0.3, 0.4) is 0 Å². The van der Waals surface area contributed by atoms with Gasteiger partial charge in [0.05, 0.1) is 5.56 Å². The Morgan fingerprint density at radius 2 is 2.32 bits per heavy atom. The maximum atomic E-state index is 12.2. The van der Waals surface area contributed by atoms with E-state index >= 15 is 0 Å². The van der Waals surface area contributed by atoms with Crippen molar-refractivity contribution in [3.05, 3.63) is 22.3 Å². The molecular weight excluding hydrogens is 326 g/mol. The van der Waals surface area contributed by atoms with E-state index in [-0.39, 0.29) is 11.9 Å². The first-order valence-electron chi connectivity index (χ1n) is 6.30. The number of thioether (sulfide) groups is 1. The largest absolute Gasteiger partial charge is 0.372 e. The third-order valence-electron chi connectivity index (χ3n) is 2.61. The van der Waals surface area contributed by atoms with Crippen LogP contribution in [0.15, 0.2) is 16.7 Å². The van der Waals surface area contributed by atoms with Gasteiger partial charge >= 0.3 is 0 Å². The smallest absolute Gasteiger partial charge is 0.255 e. The predicted molar refractivity (Wildman–Crippen MR) is 86.0 cm³/mol. The molecule has 1 amide bonds. The van der Waals surface area contributed by atoms with Crippen LogP contribution in [0, 0.1) is 0 Å². The summed E-state index contributed by atoms with van der Waals surface area (Å²) in [4.78, 5) is 16.4. The number of hydrogen-bond donors (Lipinski definition) is 2. The van der Waals surface area contributed by atoms with Crippen LogP contribution < -0.4 is 10.6 Å². The van der Waals surface area contributed by atoms with Crippen LogP contribution in [-0.4, -0.2) is 35.5 Å². The number of rotatable bonds is 7. The number of pyridine rings is 1. The van der Waals surface area contributed by atoms with Crippen LogP contribution in [0.2, 0.25) is 0 Å². The molecule has 2 N–H and O–H groups in total. The molecule has 19 heavy (non-hydrogen) atoms. The number of anilines is 1. The lowest BCUT2D eigenvalue weighted by molar-refractivity contribution is 0.0940. The lowest BCUT2D eigenvalue weighted by Crippen LogP contribution is -2.33. The van der Waals surface area contributed by atoms with Gasteiger partial charge in [0.15, 0.2) is 0 Å². The number of carbonyl (C=O) groups excluding carboxylic acids is 1. The van der Waals surface area contributed by atoms with Gasteiger partial charge in [-0.1, -0.05) is 6.92 Å². The molecule has 4 nitrogen and oxygen atoms in total. The summed E-state index contributed by atoms with van der Waals surface area (Å²) in [6, 6.07) is 1.94. The fourth-order valence-electron chi connectivity index (χ4n) is 1.59. The number of aromatic nitrogens is 1. The second-order valence-electron chi connectivity index (χ2n) is 4.16. The number of hydrogen-bond acceptors (Lipinski definition) is 4. The summed E-state index contributed by atoms with van der Waals surface area (Å²) in [6.07, 6.45) is 2.64. The van der Waals surface area contributed by atoms with E-state index in [0.29, 0.717) is 11.4 Å². The zero-order chi connectivity index (χ0) is 14.3. The molecule has 0 aliphatic rings. The molecule has 106 valence electrons. The highest BCUT2D eigenvalue weighted by Crippen LogP contribution is 2.17. The van der Waals surface area contributed by atoms with Crippen molar-refractivity contribution in [1.82, 2.24) is 10.3 Å². The SMILES string of the molecule is CCSCCC(C)NC(=O)c1cc(Br)cnc1NC. The second-order valence-corrected chi connectivity index (χ2v) is 6.47. The third kappa shape index (κ3) is 5.40. The highest BCUT2D eigenvalue weighted by atomic mass is 79.9. The Labute approximate surface area is 127 Å². The summed E-state index contributed by atoms with van der Waals surface area (Å²) in [5.41, 5.74) is 0.562. The average Bonchev–Trinajstić information content (AvgIpc) is 2.39. The van der Waals surface area contributed by atoms with Crippen LogP contribution in [0.25, 0.3) is 0 Å². The van der Waals surface area contributed by atoms with E-state index in [4.69, 9.17) is 0 Å². The van der Waals surface area contributed by atoms with Crippen molar-refractivity contribution >= 4 is 39.4 Å². The molecule has 1 atom stereocenters. The van der Waals surface area contributed by atoms with Gasteiger partial charge in [-0.2, -0.15) is 11.8 Å². The molecule has 0 fully saturated rings. The van der Waals surface area contributed by atoms with Gasteiger partial charge in [0.2, 0.25) is 0 Å².